The Kier molecular flexibility index (Phi) is 3.85. The fourth-order valence-corrected chi connectivity index (χ4v) is 2.56. The Morgan fingerprint density at radius 3 is 2.47 bits per heavy atom. The van der Waals surface area contributed by atoms with Crippen LogP contribution in [-0.2, 0) is 0 Å². The monoisotopic (exact) mass is 320 g/mol. The summed E-state index contributed by atoms with van der Waals surface area (Å²) in [5, 5.41) is 12.2. The van der Waals surface area contributed by atoms with E-state index in [4.69, 9.17) is 5.11 Å². The van der Waals surface area contributed by atoms with Gasteiger partial charge in [0.25, 0.3) is 0 Å². The van der Waals surface area contributed by atoms with Gasteiger partial charge in [0, 0.05) is 22.0 Å². The van der Waals surface area contributed by atoms with Gasteiger partial charge in [0.05, 0.1) is 0 Å². The summed E-state index contributed by atoms with van der Waals surface area (Å²) in [6.45, 7) is 4.00. The Morgan fingerprint density at radius 1 is 1.26 bits per heavy atom. The van der Waals surface area contributed by atoms with Crippen molar-refractivity contribution in [2.75, 3.05) is 5.32 Å². The number of anilines is 2. The number of nitrogens with zero attached hydrogens (tertiary/aromatic N) is 1. The van der Waals surface area contributed by atoms with E-state index in [1.165, 1.54) is 12.3 Å². The zero-order valence-electron chi connectivity index (χ0n) is 10.6. The first-order valence-electron chi connectivity index (χ1n) is 5.70. The van der Waals surface area contributed by atoms with E-state index in [1.54, 1.807) is 6.07 Å². The minimum atomic E-state index is -1.03. The Bertz CT molecular complexity index is 618. The maximum atomic E-state index is 10.9. The highest BCUT2D eigenvalue weighted by Crippen LogP contribution is 2.28. The molecule has 19 heavy (non-hydrogen) atoms. The van der Waals surface area contributed by atoms with Crippen molar-refractivity contribution in [1.29, 1.82) is 0 Å². The average molecular weight is 321 g/mol. The fraction of sp³-hybridized carbons (Fsp3) is 0.143. The summed E-state index contributed by atoms with van der Waals surface area (Å²) in [4.78, 5) is 14.7. The van der Waals surface area contributed by atoms with E-state index in [2.05, 4.69) is 26.2 Å². The SMILES string of the molecule is Cc1cc(Br)cc(C)c1Nc1ccnc(C(=O)O)c1. The lowest BCUT2D eigenvalue weighted by molar-refractivity contribution is 0.0690. The molecule has 0 saturated carbocycles. The second-order valence-corrected chi connectivity index (χ2v) is 5.19. The van der Waals surface area contributed by atoms with Crippen molar-refractivity contribution < 1.29 is 9.90 Å². The van der Waals surface area contributed by atoms with Gasteiger partial charge < -0.3 is 10.4 Å². The number of carboxylic acids is 1. The number of carboxylic acid groups (broad SMARTS) is 1. The minimum Gasteiger partial charge on any atom is -0.477 e. The van der Waals surface area contributed by atoms with E-state index in [0.717, 1.165) is 21.3 Å². The molecule has 0 radical (unpaired) electrons. The van der Waals surface area contributed by atoms with Crippen LogP contribution < -0.4 is 5.32 Å². The summed E-state index contributed by atoms with van der Waals surface area (Å²) >= 11 is 3.45. The molecule has 1 aromatic heterocycles. The van der Waals surface area contributed by atoms with Crippen molar-refractivity contribution >= 4 is 33.3 Å². The predicted molar refractivity (Wildman–Crippen MR) is 78.1 cm³/mol. The molecule has 0 unspecified atom stereocenters. The van der Waals surface area contributed by atoms with Crippen LogP contribution >= 0.6 is 15.9 Å². The second-order valence-electron chi connectivity index (χ2n) is 4.27. The summed E-state index contributed by atoms with van der Waals surface area (Å²) in [6.07, 6.45) is 1.48. The van der Waals surface area contributed by atoms with Crippen molar-refractivity contribution in [2.45, 2.75) is 13.8 Å². The molecule has 0 aliphatic heterocycles. The molecular formula is C14H13BrN2O2. The van der Waals surface area contributed by atoms with Crippen molar-refractivity contribution in [3.8, 4) is 0 Å². The summed E-state index contributed by atoms with van der Waals surface area (Å²) in [5.74, 6) is -1.03. The molecule has 1 heterocycles. The van der Waals surface area contributed by atoms with Crippen molar-refractivity contribution in [3.63, 3.8) is 0 Å². The molecule has 0 bridgehead atoms. The van der Waals surface area contributed by atoms with Crippen LogP contribution in [-0.4, -0.2) is 16.1 Å². The molecule has 2 aromatic rings. The zero-order valence-corrected chi connectivity index (χ0v) is 12.2. The topological polar surface area (TPSA) is 62.2 Å². The lowest BCUT2D eigenvalue weighted by Crippen LogP contribution is -2.02. The fourth-order valence-electron chi connectivity index (χ4n) is 1.88. The molecule has 0 aliphatic rings. The van der Waals surface area contributed by atoms with Crippen LogP contribution in [0.4, 0.5) is 11.4 Å². The first kappa shape index (κ1) is 13.5. The van der Waals surface area contributed by atoms with Crippen LogP contribution in [0.2, 0.25) is 0 Å². The van der Waals surface area contributed by atoms with E-state index >= 15 is 0 Å². The van der Waals surface area contributed by atoms with Crippen LogP contribution in [0.1, 0.15) is 21.6 Å². The van der Waals surface area contributed by atoms with Crippen LogP contribution in [0.25, 0.3) is 0 Å². The van der Waals surface area contributed by atoms with Gasteiger partial charge in [0.2, 0.25) is 0 Å². The molecule has 5 heteroatoms. The smallest absolute Gasteiger partial charge is 0.354 e. The van der Waals surface area contributed by atoms with Gasteiger partial charge in [0.15, 0.2) is 0 Å². The summed E-state index contributed by atoms with van der Waals surface area (Å²) in [7, 11) is 0. The number of aryl methyl sites for hydroxylation is 2. The van der Waals surface area contributed by atoms with Gasteiger partial charge >= 0.3 is 5.97 Å². The molecule has 0 amide bonds. The lowest BCUT2D eigenvalue weighted by Gasteiger charge is -2.13. The third-order valence-electron chi connectivity index (χ3n) is 2.75. The number of halogens is 1. The third-order valence-corrected chi connectivity index (χ3v) is 3.20. The first-order valence-corrected chi connectivity index (χ1v) is 6.50. The predicted octanol–water partition coefficient (Wildman–Crippen LogP) is 3.90. The number of nitrogens with one attached hydrogen (secondary N) is 1. The van der Waals surface area contributed by atoms with E-state index in [-0.39, 0.29) is 5.69 Å². The highest BCUT2D eigenvalue weighted by Gasteiger charge is 2.08. The molecule has 0 atom stereocenters. The number of carbonyl (C=O) groups is 1. The average Bonchev–Trinajstić information content (AvgIpc) is 2.34. The van der Waals surface area contributed by atoms with E-state index in [0.29, 0.717) is 5.69 Å². The molecule has 2 rings (SSSR count). The quantitative estimate of drug-likeness (QED) is 0.900. The van der Waals surface area contributed by atoms with Crippen LogP contribution in [0.3, 0.4) is 0 Å². The lowest BCUT2D eigenvalue weighted by atomic mass is 10.1. The molecule has 0 fully saturated rings. The molecule has 4 nitrogen and oxygen atoms in total. The molecule has 2 N–H and O–H groups in total. The summed E-state index contributed by atoms with van der Waals surface area (Å²) in [5.41, 5.74) is 3.88. The molecule has 1 aromatic carbocycles. The molecule has 98 valence electrons. The number of aromatic nitrogens is 1. The summed E-state index contributed by atoms with van der Waals surface area (Å²) < 4.78 is 1.02. The van der Waals surface area contributed by atoms with Crippen molar-refractivity contribution in [2.24, 2.45) is 0 Å². The molecule has 0 aliphatic carbocycles. The van der Waals surface area contributed by atoms with E-state index in [1.807, 2.05) is 26.0 Å². The number of hydrogen-bond acceptors (Lipinski definition) is 3. The minimum absolute atomic E-state index is 0.0254. The van der Waals surface area contributed by atoms with Gasteiger partial charge in [0.1, 0.15) is 5.69 Å². The van der Waals surface area contributed by atoms with Gasteiger partial charge in [-0.25, -0.2) is 9.78 Å². The highest BCUT2D eigenvalue weighted by molar-refractivity contribution is 9.10. The summed E-state index contributed by atoms with van der Waals surface area (Å²) in [6, 6.07) is 7.28. The first-order chi connectivity index (χ1) is 8.97. The maximum Gasteiger partial charge on any atom is 0.354 e. The van der Waals surface area contributed by atoms with Gasteiger partial charge in [-0.2, -0.15) is 0 Å². The largest absolute Gasteiger partial charge is 0.477 e. The van der Waals surface area contributed by atoms with Gasteiger partial charge in [-0.05, 0) is 49.2 Å². The molecule has 0 spiro atoms. The maximum absolute atomic E-state index is 10.9. The number of rotatable bonds is 3. The van der Waals surface area contributed by atoms with Crippen LogP contribution in [0, 0.1) is 13.8 Å². The van der Waals surface area contributed by atoms with E-state index < -0.39 is 5.97 Å². The molecule has 0 saturated heterocycles. The zero-order chi connectivity index (χ0) is 14.0. The third kappa shape index (κ3) is 3.12. The van der Waals surface area contributed by atoms with Crippen LogP contribution in [0.15, 0.2) is 34.9 Å². The Labute approximate surface area is 119 Å². The van der Waals surface area contributed by atoms with Gasteiger partial charge in [-0.15, -0.1) is 0 Å². The Balaban J connectivity index is 2.36. The number of benzene rings is 1. The normalized spacial score (nSPS) is 10.3. The Hall–Kier alpha value is -1.88. The van der Waals surface area contributed by atoms with Crippen molar-refractivity contribution in [3.05, 3.63) is 51.8 Å². The second kappa shape index (κ2) is 5.40. The number of pyridine rings is 1. The number of aromatic carboxylic acids is 1. The van der Waals surface area contributed by atoms with E-state index in [9.17, 15) is 4.79 Å². The number of hydrogen-bond donors (Lipinski definition) is 2. The Morgan fingerprint density at radius 2 is 1.89 bits per heavy atom. The van der Waals surface area contributed by atoms with Gasteiger partial charge in [-0.3, -0.25) is 0 Å². The van der Waals surface area contributed by atoms with Gasteiger partial charge in [-0.1, -0.05) is 15.9 Å². The van der Waals surface area contributed by atoms with Crippen molar-refractivity contribution in [1.82, 2.24) is 4.98 Å². The molecular weight excluding hydrogens is 308 g/mol. The standard InChI is InChI=1S/C14H13BrN2O2/c1-8-5-10(15)6-9(2)13(8)17-11-3-4-16-12(7-11)14(18)19/h3-7H,1-2H3,(H,16,17)(H,18,19). The highest BCUT2D eigenvalue weighted by atomic mass is 79.9. The van der Waals surface area contributed by atoms with Crippen LogP contribution in [0.5, 0.6) is 0 Å².